The third kappa shape index (κ3) is 4.79. The first-order valence-electron chi connectivity index (χ1n) is 15.8. The Hall–Kier alpha value is -3.48. The normalized spacial score (nSPS) is 29.8. The van der Waals surface area contributed by atoms with Gasteiger partial charge in [-0.25, -0.2) is 0 Å². The van der Waals surface area contributed by atoms with Gasteiger partial charge in [-0.3, -0.25) is 14.5 Å². The molecule has 3 aromatic carbocycles. The molecule has 6 atom stereocenters. The minimum atomic E-state index is -0.596. The number of methoxy groups -OCH3 is 1. The SMILES string of the molecule is COC(=O)[C@@H]1[C@H]2C[C@@H]3N(CC[C@@]34C(=O)N(Cc3cccc(C)c3)c3ccccc34)C[C@@H]2CC[C@@H]1OCc1cccc(C)c1. The first-order valence-corrected chi connectivity index (χ1v) is 15.8. The monoisotopic (exact) mass is 578 g/mol. The number of amides is 1. The minimum absolute atomic E-state index is 0.0487. The molecule has 4 aliphatic rings. The first-order chi connectivity index (χ1) is 20.9. The summed E-state index contributed by atoms with van der Waals surface area (Å²) in [5.41, 5.74) is 6.25. The van der Waals surface area contributed by atoms with Gasteiger partial charge in [-0.15, -0.1) is 0 Å². The highest BCUT2D eigenvalue weighted by atomic mass is 16.5. The quantitative estimate of drug-likeness (QED) is 0.338. The van der Waals surface area contributed by atoms with Crippen molar-refractivity contribution in [2.75, 3.05) is 25.1 Å². The molecule has 1 spiro atoms. The molecule has 1 saturated carbocycles. The molecular weight excluding hydrogens is 536 g/mol. The average Bonchev–Trinajstić information content (AvgIpc) is 3.50. The summed E-state index contributed by atoms with van der Waals surface area (Å²) >= 11 is 0. The van der Waals surface area contributed by atoms with Gasteiger partial charge in [0.1, 0.15) is 0 Å². The zero-order chi connectivity index (χ0) is 29.7. The summed E-state index contributed by atoms with van der Waals surface area (Å²) in [5.74, 6) is 0.209. The Bertz CT molecular complexity index is 1540. The lowest BCUT2D eigenvalue weighted by Gasteiger charge is -2.50. The number of hydrogen-bond donors (Lipinski definition) is 0. The van der Waals surface area contributed by atoms with Gasteiger partial charge in [0.15, 0.2) is 0 Å². The average molecular weight is 579 g/mol. The highest BCUT2D eigenvalue weighted by Crippen LogP contribution is 2.56. The topological polar surface area (TPSA) is 59.1 Å². The summed E-state index contributed by atoms with van der Waals surface area (Å²) in [6, 6.07) is 25.3. The van der Waals surface area contributed by atoms with Gasteiger partial charge in [0.2, 0.25) is 5.91 Å². The summed E-state index contributed by atoms with van der Waals surface area (Å²) in [6.45, 7) is 7.05. The number of anilines is 1. The molecule has 0 N–H and O–H groups in total. The van der Waals surface area contributed by atoms with Crippen LogP contribution in [0.2, 0.25) is 0 Å². The van der Waals surface area contributed by atoms with Crippen molar-refractivity contribution in [1.82, 2.24) is 4.90 Å². The van der Waals surface area contributed by atoms with Gasteiger partial charge >= 0.3 is 5.97 Å². The van der Waals surface area contributed by atoms with Crippen LogP contribution in [0, 0.1) is 31.6 Å². The fraction of sp³-hybridized carbons (Fsp3) is 0.459. The zero-order valence-electron chi connectivity index (χ0n) is 25.5. The van der Waals surface area contributed by atoms with Crippen LogP contribution in [0.1, 0.15) is 53.5 Å². The number of para-hydroxylation sites is 1. The largest absolute Gasteiger partial charge is 0.469 e. The predicted molar refractivity (Wildman–Crippen MR) is 167 cm³/mol. The summed E-state index contributed by atoms with van der Waals surface area (Å²) in [6.07, 6.45) is 3.29. The van der Waals surface area contributed by atoms with Gasteiger partial charge in [-0.1, -0.05) is 77.9 Å². The number of carbonyl (C=O) groups excluding carboxylic acids is 2. The second kappa shape index (κ2) is 11.2. The number of rotatable bonds is 6. The van der Waals surface area contributed by atoms with Crippen molar-refractivity contribution in [3.8, 4) is 0 Å². The molecule has 3 aliphatic heterocycles. The highest BCUT2D eigenvalue weighted by Gasteiger charge is 2.63. The van der Waals surface area contributed by atoms with E-state index in [0.717, 1.165) is 61.2 Å². The number of esters is 1. The van der Waals surface area contributed by atoms with E-state index in [1.807, 2.05) is 11.0 Å². The number of aryl methyl sites for hydroxylation is 2. The van der Waals surface area contributed by atoms with Crippen LogP contribution in [0.5, 0.6) is 0 Å². The number of hydrogen-bond acceptors (Lipinski definition) is 5. The van der Waals surface area contributed by atoms with E-state index in [1.54, 1.807) is 0 Å². The number of fused-ring (bicyclic) bond motifs is 5. The predicted octanol–water partition coefficient (Wildman–Crippen LogP) is 5.97. The van der Waals surface area contributed by atoms with Crippen molar-refractivity contribution in [3.63, 3.8) is 0 Å². The molecule has 0 bridgehead atoms. The Morgan fingerprint density at radius 3 is 2.47 bits per heavy atom. The summed E-state index contributed by atoms with van der Waals surface area (Å²) in [5, 5.41) is 0. The first kappa shape index (κ1) is 28.3. The summed E-state index contributed by atoms with van der Waals surface area (Å²) < 4.78 is 11.9. The summed E-state index contributed by atoms with van der Waals surface area (Å²) in [7, 11) is 1.50. The van der Waals surface area contributed by atoms with Crippen molar-refractivity contribution in [1.29, 1.82) is 0 Å². The van der Waals surface area contributed by atoms with Crippen LogP contribution in [0.3, 0.4) is 0 Å². The fourth-order valence-corrected chi connectivity index (χ4v) is 8.91. The molecule has 6 heteroatoms. The molecule has 3 aromatic rings. The lowest BCUT2D eigenvalue weighted by molar-refractivity contribution is -0.165. The van der Waals surface area contributed by atoms with E-state index in [-0.39, 0.29) is 35.9 Å². The van der Waals surface area contributed by atoms with Gasteiger partial charge in [0, 0.05) is 18.3 Å². The van der Waals surface area contributed by atoms with Crippen LogP contribution in [0.25, 0.3) is 0 Å². The van der Waals surface area contributed by atoms with Crippen LogP contribution in [0.15, 0.2) is 72.8 Å². The molecule has 0 radical (unpaired) electrons. The fourth-order valence-electron chi connectivity index (χ4n) is 8.91. The van der Waals surface area contributed by atoms with E-state index in [0.29, 0.717) is 19.1 Å². The third-order valence-electron chi connectivity index (χ3n) is 10.8. The molecule has 7 rings (SSSR count). The van der Waals surface area contributed by atoms with E-state index in [1.165, 1.54) is 18.2 Å². The minimum Gasteiger partial charge on any atom is -0.469 e. The van der Waals surface area contributed by atoms with Gasteiger partial charge in [-0.2, -0.15) is 0 Å². The smallest absolute Gasteiger partial charge is 0.311 e. The lowest BCUT2D eigenvalue weighted by Crippen LogP contribution is -2.58. The van der Waals surface area contributed by atoms with Crippen molar-refractivity contribution in [2.24, 2.45) is 17.8 Å². The Balaban J connectivity index is 1.19. The van der Waals surface area contributed by atoms with E-state index in [2.05, 4.69) is 85.5 Å². The Kier molecular flexibility index (Phi) is 7.38. The van der Waals surface area contributed by atoms with Gasteiger partial charge in [-0.05, 0) is 80.7 Å². The molecule has 0 unspecified atom stereocenters. The summed E-state index contributed by atoms with van der Waals surface area (Å²) in [4.78, 5) is 32.7. The van der Waals surface area contributed by atoms with Crippen LogP contribution in [-0.2, 0) is 37.6 Å². The number of piperidine rings is 1. The number of nitrogens with zero attached hydrogens (tertiary/aromatic N) is 2. The lowest BCUT2D eigenvalue weighted by atomic mass is 9.62. The van der Waals surface area contributed by atoms with E-state index in [4.69, 9.17) is 9.47 Å². The van der Waals surface area contributed by atoms with Crippen LogP contribution in [-0.4, -0.2) is 49.1 Å². The molecule has 3 heterocycles. The van der Waals surface area contributed by atoms with Crippen LogP contribution in [0.4, 0.5) is 5.69 Å². The molecule has 0 aromatic heterocycles. The van der Waals surface area contributed by atoms with Gasteiger partial charge in [0.25, 0.3) is 0 Å². The van der Waals surface area contributed by atoms with Gasteiger partial charge in [0.05, 0.1) is 37.7 Å². The maximum Gasteiger partial charge on any atom is 0.311 e. The molecule has 3 fully saturated rings. The standard InChI is InChI=1S/C37H42N2O4/c1-24-8-6-10-26(18-24)21-39-31-13-5-4-12-30(31)37(36(39)41)16-17-38-22-28-14-15-32(43-23-27-11-7-9-25(2)19-27)34(35(40)42-3)29(28)20-33(37)38/h4-13,18-19,28-29,32-34H,14-17,20-23H2,1-3H3/t28-,29-,32-,33-,34+,37-/m0/s1. The number of carbonyl (C=O) groups is 2. The molecule has 1 aliphatic carbocycles. The molecule has 224 valence electrons. The van der Waals surface area contributed by atoms with E-state index >= 15 is 0 Å². The number of benzene rings is 3. The highest BCUT2D eigenvalue weighted by molar-refractivity contribution is 6.09. The van der Waals surface area contributed by atoms with E-state index < -0.39 is 5.41 Å². The molecule has 43 heavy (non-hydrogen) atoms. The number of ether oxygens (including phenoxy) is 2. The van der Waals surface area contributed by atoms with Crippen molar-refractivity contribution < 1.29 is 19.1 Å². The van der Waals surface area contributed by atoms with Gasteiger partial charge < -0.3 is 14.4 Å². The Morgan fingerprint density at radius 2 is 1.70 bits per heavy atom. The van der Waals surface area contributed by atoms with Crippen LogP contribution < -0.4 is 4.90 Å². The second-order valence-electron chi connectivity index (χ2n) is 13.3. The molecule has 2 saturated heterocycles. The molecular formula is C37H42N2O4. The maximum absolute atomic E-state index is 14.7. The third-order valence-corrected chi connectivity index (χ3v) is 10.8. The zero-order valence-corrected chi connectivity index (χ0v) is 25.5. The Labute approximate surface area is 255 Å². The second-order valence-corrected chi connectivity index (χ2v) is 13.3. The molecule has 6 nitrogen and oxygen atoms in total. The van der Waals surface area contributed by atoms with Crippen molar-refractivity contribution in [2.45, 2.75) is 70.2 Å². The van der Waals surface area contributed by atoms with Crippen molar-refractivity contribution in [3.05, 3.63) is 101 Å². The van der Waals surface area contributed by atoms with Crippen molar-refractivity contribution >= 4 is 17.6 Å². The van der Waals surface area contributed by atoms with Crippen LogP contribution >= 0.6 is 0 Å². The Morgan fingerprint density at radius 1 is 0.953 bits per heavy atom. The molecule has 1 amide bonds. The van der Waals surface area contributed by atoms with E-state index in [9.17, 15) is 9.59 Å². The maximum atomic E-state index is 14.7.